The Balaban J connectivity index is 2.42. The fourth-order valence-electron chi connectivity index (χ4n) is 2.34. The second kappa shape index (κ2) is 6.45. The Morgan fingerprint density at radius 1 is 1.30 bits per heavy atom. The van der Waals surface area contributed by atoms with E-state index in [0.29, 0.717) is 10.5 Å². The Morgan fingerprint density at radius 2 is 2.00 bits per heavy atom. The van der Waals surface area contributed by atoms with Gasteiger partial charge in [0.15, 0.2) is 6.79 Å². The number of ether oxygens (including phenoxy) is 3. The highest BCUT2D eigenvalue weighted by Gasteiger charge is 2.50. The third kappa shape index (κ3) is 3.39. The number of fused-ring (bicyclic) bond motifs is 1. The molecule has 0 aromatic heterocycles. The van der Waals surface area contributed by atoms with Crippen LogP contribution >= 0.6 is 0 Å². The molecule has 1 aliphatic rings. The van der Waals surface area contributed by atoms with Crippen LogP contribution < -0.4 is 9.64 Å². The first kappa shape index (κ1) is 17.1. The Morgan fingerprint density at radius 3 is 2.57 bits per heavy atom. The molecule has 0 aliphatic carbocycles. The van der Waals surface area contributed by atoms with Gasteiger partial charge < -0.3 is 14.2 Å². The maximum absolute atomic E-state index is 12.8. The van der Waals surface area contributed by atoms with Gasteiger partial charge in [-0.1, -0.05) is 6.07 Å². The van der Waals surface area contributed by atoms with Gasteiger partial charge in [-0.05, 0) is 11.6 Å². The van der Waals surface area contributed by atoms with Crippen LogP contribution in [-0.2, 0) is 25.5 Å². The van der Waals surface area contributed by atoms with Crippen molar-refractivity contribution in [2.75, 3.05) is 25.9 Å². The maximum atomic E-state index is 12.8. The first-order chi connectivity index (χ1) is 10.8. The number of carbonyl (C=O) groups excluding carboxylic acids is 2. The SMILES string of the molecule is COCOc1ccc2c(c1)N(C(=O)C(F)(F)F)[C@@H](C(=O)OC)C2. The molecule has 6 nitrogen and oxygen atoms in total. The zero-order valence-corrected chi connectivity index (χ0v) is 12.3. The maximum Gasteiger partial charge on any atom is 0.471 e. The summed E-state index contributed by atoms with van der Waals surface area (Å²) in [6.45, 7) is -0.105. The van der Waals surface area contributed by atoms with E-state index in [-0.39, 0.29) is 24.7 Å². The standard InChI is InChI=1S/C14H14F3NO5/c1-21-7-23-9-4-3-8-5-11(12(19)22-2)18(10(8)6-9)13(20)14(15,16)17/h3-4,6,11H,5,7H2,1-2H3/t11-/m1/s1. The van der Waals surface area contributed by atoms with E-state index in [1.165, 1.54) is 25.3 Å². The van der Waals surface area contributed by atoms with Crippen LogP contribution in [0.1, 0.15) is 5.56 Å². The summed E-state index contributed by atoms with van der Waals surface area (Å²) in [6, 6.07) is 2.93. The number of methoxy groups -OCH3 is 2. The lowest BCUT2D eigenvalue weighted by Crippen LogP contribution is -2.49. The van der Waals surface area contributed by atoms with Crippen LogP contribution in [0.4, 0.5) is 18.9 Å². The normalized spacial score (nSPS) is 16.9. The minimum Gasteiger partial charge on any atom is -0.467 e. The largest absolute Gasteiger partial charge is 0.471 e. The van der Waals surface area contributed by atoms with Gasteiger partial charge in [-0.25, -0.2) is 4.79 Å². The summed E-state index contributed by atoms with van der Waals surface area (Å²) in [7, 11) is 2.44. The van der Waals surface area contributed by atoms with Crippen LogP contribution in [0.5, 0.6) is 5.75 Å². The van der Waals surface area contributed by atoms with E-state index >= 15 is 0 Å². The van der Waals surface area contributed by atoms with Gasteiger partial charge in [-0.15, -0.1) is 0 Å². The van der Waals surface area contributed by atoms with Gasteiger partial charge in [0.25, 0.3) is 0 Å². The molecular weight excluding hydrogens is 319 g/mol. The van der Waals surface area contributed by atoms with E-state index in [1.807, 2.05) is 0 Å². The van der Waals surface area contributed by atoms with Gasteiger partial charge in [0.05, 0.1) is 12.8 Å². The second-order valence-electron chi connectivity index (χ2n) is 4.76. The van der Waals surface area contributed by atoms with Crippen LogP contribution in [0.15, 0.2) is 18.2 Å². The van der Waals surface area contributed by atoms with Crippen LogP contribution in [-0.4, -0.2) is 45.1 Å². The number of alkyl halides is 3. The number of amides is 1. The number of hydrogen-bond donors (Lipinski definition) is 0. The molecule has 1 heterocycles. The third-order valence-corrected chi connectivity index (χ3v) is 3.32. The molecule has 1 aromatic carbocycles. The predicted molar refractivity (Wildman–Crippen MR) is 72.0 cm³/mol. The minimum absolute atomic E-state index is 0.0312. The van der Waals surface area contributed by atoms with Gasteiger partial charge in [-0.2, -0.15) is 13.2 Å². The Labute approximate surface area is 129 Å². The lowest BCUT2D eigenvalue weighted by molar-refractivity contribution is -0.171. The first-order valence-electron chi connectivity index (χ1n) is 6.52. The van der Waals surface area contributed by atoms with Gasteiger partial charge in [0, 0.05) is 19.6 Å². The molecule has 0 radical (unpaired) electrons. The highest BCUT2D eigenvalue weighted by atomic mass is 19.4. The van der Waals surface area contributed by atoms with E-state index in [9.17, 15) is 22.8 Å². The van der Waals surface area contributed by atoms with Crippen molar-refractivity contribution in [2.45, 2.75) is 18.6 Å². The van der Waals surface area contributed by atoms with E-state index in [2.05, 4.69) is 4.74 Å². The van der Waals surface area contributed by atoms with Crippen molar-refractivity contribution in [1.82, 2.24) is 0 Å². The molecule has 0 spiro atoms. The van der Waals surface area contributed by atoms with E-state index < -0.39 is 24.1 Å². The van der Waals surface area contributed by atoms with Gasteiger partial charge >= 0.3 is 18.1 Å². The average Bonchev–Trinajstić information content (AvgIpc) is 2.88. The first-order valence-corrected chi connectivity index (χ1v) is 6.52. The van der Waals surface area contributed by atoms with E-state index in [4.69, 9.17) is 9.47 Å². The van der Waals surface area contributed by atoms with Crippen LogP contribution in [0.25, 0.3) is 0 Å². The van der Waals surface area contributed by atoms with E-state index in [1.54, 1.807) is 0 Å². The molecule has 1 amide bonds. The Bertz CT molecular complexity index is 617. The average molecular weight is 333 g/mol. The molecule has 0 saturated carbocycles. The lowest BCUT2D eigenvalue weighted by atomic mass is 10.1. The quantitative estimate of drug-likeness (QED) is 0.619. The second-order valence-corrected chi connectivity index (χ2v) is 4.76. The van der Waals surface area contributed by atoms with Crippen LogP contribution in [0.2, 0.25) is 0 Å². The molecule has 1 aromatic rings. The van der Waals surface area contributed by atoms with Gasteiger partial charge in [0.2, 0.25) is 0 Å². The van der Waals surface area contributed by atoms with Crippen molar-refractivity contribution >= 4 is 17.6 Å². The summed E-state index contributed by atoms with van der Waals surface area (Å²) in [6.07, 6.45) is -5.17. The smallest absolute Gasteiger partial charge is 0.467 e. The minimum atomic E-state index is -5.11. The van der Waals surface area contributed by atoms with Crippen LogP contribution in [0.3, 0.4) is 0 Å². The summed E-state index contributed by atoms with van der Waals surface area (Å²) in [5.41, 5.74) is 0.388. The molecule has 0 saturated heterocycles. The fraction of sp³-hybridized carbons (Fsp3) is 0.429. The topological polar surface area (TPSA) is 65.1 Å². The van der Waals surface area contributed by atoms with Gasteiger partial charge in [-0.3, -0.25) is 9.69 Å². The van der Waals surface area contributed by atoms with Crippen molar-refractivity contribution in [3.8, 4) is 5.75 Å². The number of hydrogen-bond acceptors (Lipinski definition) is 5. The van der Waals surface area contributed by atoms with Crippen molar-refractivity contribution in [3.05, 3.63) is 23.8 Å². The molecular formula is C14H14F3NO5. The molecule has 0 unspecified atom stereocenters. The highest BCUT2D eigenvalue weighted by molar-refractivity contribution is 6.05. The molecule has 1 aliphatic heterocycles. The van der Waals surface area contributed by atoms with Crippen molar-refractivity contribution in [3.63, 3.8) is 0 Å². The summed E-state index contributed by atoms with van der Waals surface area (Å²) < 4.78 is 52.9. The highest BCUT2D eigenvalue weighted by Crippen LogP contribution is 2.38. The molecule has 1 atom stereocenters. The number of benzene rings is 1. The number of esters is 1. The summed E-state index contributed by atoms with van der Waals surface area (Å²) in [4.78, 5) is 23.9. The molecule has 2 rings (SSSR count). The number of rotatable bonds is 4. The zero-order chi connectivity index (χ0) is 17.2. The zero-order valence-electron chi connectivity index (χ0n) is 12.3. The number of nitrogens with zero attached hydrogens (tertiary/aromatic N) is 1. The Kier molecular flexibility index (Phi) is 4.79. The molecule has 0 fully saturated rings. The molecule has 126 valence electrons. The molecule has 9 heteroatoms. The van der Waals surface area contributed by atoms with Crippen molar-refractivity contribution in [1.29, 1.82) is 0 Å². The van der Waals surface area contributed by atoms with Crippen LogP contribution in [0, 0.1) is 0 Å². The Hall–Kier alpha value is -2.29. The number of carbonyl (C=O) groups is 2. The predicted octanol–water partition coefficient (Wildman–Crippen LogP) is 1.66. The monoisotopic (exact) mass is 333 g/mol. The molecule has 0 bridgehead atoms. The number of halogens is 3. The summed E-state index contributed by atoms with van der Waals surface area (Å²) in [5, 5.41) is 0. The molecule has 0 N–H and O–H groups in total. The van der Waals surface area contributed by atoms with E-state index in [0.717, 1.165) is 7.11 Å². The fourth-order valence-corrected chi connectivity index (χ4v) is 2.34. The summed E-state index contributed by atoms with van der Waals surface area (Å²) in [5.74, 6) is -2.83. The third-order valence-electron chi connectivity index (χ3n) is 3.32. The van der Waals surface area contributed by atoms with Gasteiger partial charge in [0.1, 0.15) is 11.8 Å². The molecule has 23 heavy (non-hydrogen) atoms. The summed E-state index contributed by atoms with van der Waals surface area (Å²) >= 11 is 0. The lowest BCUT2D eigenvalue weighted by Gasteiger charge is -2.24. The van der Waals surface area contributed by atoms with Crippen molar-refractivity contribution in [2.24, 2.45) is 0 Å². The number of anilines is 1. The van der Waals surface area contributed by atoms with Crippen molar-refractivity contribution < 1.29 is 37.0 Å².